The van der Waals surface area contributed by atoms with Gasteiger partial charge in [-0.1, -0.05) is 5.16 Å². The maximum absolute atomic E-state index is 11.8. The predicted octanol–water partition coefficient (Wildman–Crippen LogP) is -0.644. The van der Waals surface area contributed by atoms with Crippen LogP contribution in [0.2, 0.25) is 0 Å². The molecule has 0 bridgehead atoms. The fourth-order valence-corrected chi connectivity index (χ4v) is 1.69. The fourth-order valence-electron chi connectivity index (χ4n) is 1.69. The second kappa shape index (κ2) is 5.61. The molecule has 1 unspecified atom stereocenters. The van der Waals surface area contributed by atoms with Gasteiger partial charge >= 0.3 is 0 Å². The molecule has 2 heterocycles. The third-order valence-corrected chi connectivity index (χ3v) is 2.62. The Kier molecular flexibility index (Phi) is 3.91. The number of methoxy groups -OCH3 is 1. The summed E-state index contributed by atoms with van der Waals surface area (Å²) >= 11 is 0. The number of hydrogen-bond donors (Lipinski definition) is 2. The largest absolute Gasteiger partial charge is 0.377 e. The smallest absolute Gasteiger partial charge is 0.274 e. The van der Waals surface area contributed by atoms with Gasteiger partial charge in [0.05, 0.1) is 0 Å². The van der Waals surface area contributed by atoms with Crippen molar-refractivity contribution in [3.8, 4) is 0 Å². The van der Waals surface area contributed by atoms with E-state index in [4.69, 9.17) is 9.26 Å². The molecule has 1 aliphatic rings. The number of imide groups is 1. The van der Waals surface area contributed by atoms with E-state index in [9.17, 15) is 14.4 Å². The van der Waals surface area contributed by atoms with Crippen molar-refractivity contribution >= 4 is 17.7 Å². The third kappa shape index (κ3) is 3.16. The van der Waals surface area contributed by atoms with E-state index in [-0.39, 0.29) is 31.0 Å². The molecule has 3 amide bonds. The predicted molar refractivity (Wildman–Crippen MR) is 60.9 cm³/mol. The van der Waals surface area contributed by atoms with Gasteiger partial charge in [0, 0.05) is 19.6 Å². The Morgan fingerprint density at radius 1 is 1.63 bits per heavy atom. The van der Waals surface area contributed by atoms with Gasteiger partial charge in [-0.25, -0.2) is 0 Å². The van der Waals surface area contributed by atoms with Crippen molar-refractivity contribution in [3.63, 3.8) is 0 Å². The quantitative estimate of drug-likeness (QED) is 0.702. The number of aromatic nitrogens is 1. The monoisotopic (exact) mass is 267 g/mol. The van der Waals surface area contributed by atoms with Gasteiger partial charge in [0.2, 0.25) is 11.8 Å². The molecule has 0 saturated carbocycles. The molecular formula is C11H13N3O5. The molecule has 0 aliphatic carbocycles. The Morgan fingerprint density at radius 2 is 2.42 bits per heavy atom. The molecule has 0 spiro atoms. The van der Waals surface area contributed by atoms with Gasteiger partial charge < -0.3 is 14.6 Å². The van der Waals surface area contributed by atoms with Crippen molar-refractivity contribution in [1.82, 2.24) is 15.8 Å². The third-order valence-electron chi connectivity index (χ3n) is 2.62. The van der Waals surface area contributed by atoms with Crippen LogP contribution >= 0.6 is 0 Å². The number of nitrogens with one attached hydrogen (secondary N) is 2. The highest BCUT2D eigenvalue weighted by molar-refractivity contribution is 6.03. The van der Waals surface area contributed by atoms with Gasteiger partial charge in [-0.2, -0.15) is 0 Å². The molecule has 8 nitrogen and oxygen atoms in total. The molecule has 1 aromatic rings. The fraction of sp³-hybridized carbons (Fsp3) is 0.455. The lowest BCUT2D eigenvalue weighted by molar-refractivity contribution is -0.134. The zero-order chi connectivity index (χ0) is 13.8. The standard InChI is InChI=1S/C11H13N3O5/c1-18-5-6-4-8(14-19-6)11(17)12-7-2-3-9(15)13-10(7)16/h4,7H,2-3,5H2,1H3,(H,12,17)(H,13,15,16). The van der Waals surface area contributed by atoms with Gasteiger partial charge in [-0.3, -0.25) is 19.7 Å². The molecule has 1 aliphatic heterocycles. The summed E-state index contributed by atoms with van der Waals surface area (Å²) in [6.07, 6.45) is 0.476. The van der Waals surface area contributed by atoms with Crippen molar-refractivity contribution in [3.05, 3.63) is 17.5 Å². The molecule has 1 fully saturated rings. The maximum Gasteiger partial charge on any atom is 0.274 e. The summed E-state index contributed by atoms with van der Waals surface area (Å²) < 4.78 is 9.70. The highest BCUT2D eigenvalue weighted by atomic mass is 16.5. The van der Waals surface area contributed by atoms with E-state index in [1.165, 1.54) is 13.2 Å². The molecule has 1 aromatic heterocycles. The minimum absolute atomic E-state index is 0.0664. The number of ether oxygens (including phenoxy) is 1. The van der Waals surface area contributed by atoms with E-state index in [1.54, 1.807) is 0 Å². The van der Waals surface area contributed by atoms with Crippen molar-refractivity contribution < 1.29 is 23.6 Å². The molecule has 0 aromatic carbocycles. The van der Waals surface area contributed by atoms with Crippen molar-refractivity contribution in [1.29, 1.82) is 0 Å². The lowest BCUT2D eigenvalue weighted by atomic mass is 10.1. The molecule has 8 heteroatoms. The minimum atomic E-state index is -0.729. The van der Waals surface area contributed by atoms with Crippen molar-refractivity contribution in [2.24, 2.45) is 0 Å². The van der Waals surface area contributed by atoms with E-state index in [1.807, 2.05) is 0 Å². The van der Waals surface area contributed by atoms with Gasteiger partial charge in [0.25, 0.3) is 5.91 Å². The summed E-state index contributed by atoms with van der Waals surface area (Å²) in [6, 6.07) is 0.706. The molecule has 19 heavy (non-hydrogen) atoms. The maximum atomic E-state index is 11.8. The average Bonchev–Trinajstić information content (AvgIpc) is 2.82. The number of carbonyl (C=O) groups is 3. The first-order valence-corrected chi connectivity index (χ1v) is 5.69. The first-order valence-electron chi connectivity index (χ1n) is 5.69. The van der Waals surface area contributed by atoms with Gasteiger partial charge in [0.1, 0.15) is 12.6 Å². The van der Waals surface area contributed by atoms with E-state index in [2.05, 4.69) is 15.8 Å². The number of carbonyl (C=O) groups excluding carboxylic acids is 3. The van der Waals surface area contributed by atoms with E-state index in [0.717, 1.165) is 0 Å². The lowest BCUT2D eigenvalue weighted by Gasteiger charge is -2.21. The van der Waals surface area contributed by atoms with Crippen LogP contribution in [0.25, 0.3) is 0 Å². The normalized spacial score (nSPS) is 19.1. The number of hydrogen-bond acceptors (Lipinski definition) is 6. The van der Waals surface area contributed by atoms with Gasteiger partial charge in [-0.05, 0) is 6.42 Å². The molecule has 2 N–H and O–H groups in total. The zero-order valence-corrected chi connectivity index (χ0v) is 10.3. The number of rotatable bonds is 4. The summed E-state index contributed by atoms with van der Waals surface area (Å²) in [5, 5.41) is 8.22. The Bertz CT molecular complexity index is 510. The highest BCUT2D eigenvalue weighted by Gasteiger charge is 2.28. The molecular weight excluding hydrogens is 254 g/mol. The summed E-state index contributed by atoms with van der Waals surface area (Å²) in [5.74, 6) is -0.957. The summed E-state index contributed by atoms with van der Waals surface area (Å²) in [6.45, 7) is 0.207. The zero-order valence-electron chi connectivity index (χ0n) is 10.3. The van der Waals surface area contributed by atoms with Crippen LogP contribution in [-0.2, 0) is 20.9 Å². The first-order chi connectivity index (χ1) is 9.10. The van der Waals surface area contributed by atoms with Crippen LogP contribution in [0.3, 0.4) is 0 Å². The molecule has 102 valence electrons. The first kappa shape index (κ1) is 13.2. The Balaban J connectivity index is 1.96. The van der Waals surface area contributed by atoms with Gasteiger partial charge in [0.15, 0.2) is 11.5 Å². The van der Waals surface area contributed by atoms with Crippen LogP contribution < -0.4 is 10.6 Å². The number of nitrogens with zero attached hydrogens (tertiary/aromatic N) is 1. The van der Waals surface area contributed by atoms with Crippen LogP contribution in [0.15, 0.2) is 10.6 Å². The Morgan fingerprint density at radius 3 is 3.11 bits per heavy atom. The van der Waals surface area contributed by atoms with E-state index < -0.39 is 17.9 Å². The number of piperidine rings is 1. The van der Waals surface area contributed by atoms with E-state index in [0.29, 0.717) is 5.76 Å². The van der Waals surface area contributed by atoms with Crippen LogP contribution in [0.5, 0.6) is 0 Å². The van der Waals surface area contributed by atoms with Gasteiger partial charge in [-0.15, -0.1) is 0 Å². The van der Waals surface area contributed by atoms with Crippen LogP contribution in [0.1, 0.15) is 29.1 Å². The van der Waals surface area contributed by atoms with Crippen LogP contribution in [0.4, 0.5) is 0 Å². The summed E-state index contributed by atoms with van der Waals surface area (Å²) in [4.78, 5) is 34.3. The van der Waals surface area contributed by atoms with Crippen molar-refractivity contribution in [2.45, 2.75) is 25.5 Å². The van der Waals surface area contributed by atoms with Crippen LogP contribution in [-0.4, -0.2) is 36.0 Å². The SMILES string of the molecule is COCc1cc(C(=O)NC2CCC(=O)NC2=O)no1. The Labute approximate surface area is 108 Å². The minimum Gasteiger partial charge on any atom is -0.377 e. The average molecular weight is 267 g/mol. The summed E-state index contributed by atoms with van der Waals surface area (Å²) in [5.41, 5.74) is 0.0664. The lowest BCUT2D eigenvalue weighted by Crippen LogP contribution is -2.52. The molecule has 1 saturated heterocycles. The van der Waals surface area contributed by atoms with E-state index >= 15 is 0 Å². The molecule has 2 rings (SSSR count). The summed E-state index contributed by atoms with van der Waals surface area (Å²) in [7, 11) is 1.49. The molecule has 0 radical (unpaired) electrons. The molecule has 1 atom stereocenters. The Hall–Kier alpha value is -2.22. The van der Waals surface area contributed by atoms with Crippen LogP contribution in [0, 0.1) is 0 Å². The highest BCUT2D eigenvalue weighted by Crippen LogP contribution is 2.08. The number of amides is 3. The second-order valence-corrected chi connectivity index (χ2v) is 4.09. The second-order valence-electron chi connectivity index (χ2n) is 4.09. The van der Waals surface area contributed by atoms with Crippen molar-refractivity contribution in [2.75, 3.05) is 7.11 Å². The topological polar surface area (TPSA) is 111 Å².